The highest BCUT2D eigenvalue weighted by molar-refractivity contribution is 5.77. The predicted molar refractivity (Wildman–Crippen MR) is 410 cm³/mol. The van der Waals surface area contributed by atoms with E-state index in [1.165, 1.54) is 0 Å². The van der Waals surface area contributed by atoms with E-state index in [0.29, 0.717) is 0 Å². The van der Waals surface area contributed by atoms with Crippen molar-refractivity contribution in [3.63, 3.8) is 0 Å². The largest absolute Gasteiger partial charge is 0.394 e. The molecule has 776 valence electrons. The molecule has 54 atom stereocenters. The Labute approximate surface area is 757 Å². The number of hydrogen-bond acceptors (Lipinski definition) is 56. The predicted octanol–water partition coefficient (Wildman–Crippen LogP) is -24.6. The molecule has 4 amide bonds. The van der Waals surface area contributed by atoms with E-state index in [2.05, 4.69) is 21.3 Å². The summed E-state index contributed by atoms with van der Waals surface area (Å²) in [5.41, 5.74) is 0. The van der Waals surface area contributed by atoms with Crippen LogP contribution < -0.4 is 21.3 Å². The summed E-state index contributed by atoms with van der Waals surface area (Å²) in [6, 6.07) is -8.14. The molecule has 0 radical (unpaired) electrons. The van der Waals surface area contributed by atoms with Crippen LogP contribution in [0.3, 0.4) is 0 Å². The van der Waals surface area contributed by atoms with Gasteiger partial charge in [-0.05, 0) is 0 Å². The summed E-state index contributed by atoms with van der Waals surface area (Å²) in [4.78, 5) is 63.7. The fourth-order valence-corrected chi connectivity index (χ4v) is 16.9. The third-order valence-electron chi connectivity index (χ3n) is 24.1. The number of carbonyl (C=O) groups is 5. The molecule has 0 unspecified atom stereocenters. The zero-order valence-corrected chi connectivity index (χ0v) is 71.6. The Bertz CT molecular complexity index is 3630. The van der Waals surface area contributed by atoms with Crippen LogP contribution in [0.2, 0.25) is 0 Å². The highest BCUT2D eigenvalue weighted by Crippen LogP contribution is 2.42. The second kappa shape index (κ2) is 49.5. The lowest BCUT2D eigenvalue weighted by atomic mass is 9.94. The van der Waals surface area contributed by atoms with Gasteiger partial charge in [-0.25, -0.2) is 0 Å². The van der Waals surface area contributed by atoms with Gasteiger partial charge >= 0.3 is 0 Å². The minimum absolute atomic E-state index is 0.00330. The van der Waals surface area contributed by atoms with Crippen molar-refractivity contribution in [1.82, 2.24) is 21.3 Å². The van der Waals surface area contributed by atoms with Crippen LogP contribution in [0.4, 0.5) is 0 Å². The van der Waals surface area contributed by atoms with Crippen molar-refractivity contribution in [3.05, 3.63) is 0 Å². The van der Waals surface area contributed by atoms with Crippen LogP contribution in [-0.4, -0.2) is 592 Å². The molecule has 10 fully saturated rings. The van der Waals surface area contributed by atoms with Gasteiger partial charge in [0, 0.05) is 27.7 Å². The molecule has 0 spiro atoms. The number of carbonyl (C=O) groups excluding carboxylic acids is 5. The highest BCUT2D eigenvalue weighted by Gasteiger charge is 2.63. The Hall–Kier alpha value is -4.49. The molecule has 0 aromatic heterocycles. The number of ether oxygens (including phenoxy) is 20. The number of amides is 4. The van der Waals surface area contributed by atoms with Crippen molar-refractivity contribution in [2.75, 3.05) is 72.7 Å². The van der Waals surface area contributed by atoms with Gasteiger partial charge in [-0.15, -0.1) is 0 Å². The first kappa shape index (κ1) is 111. The molecule has 0 bridgehead atoms. The maximum atomic E-state index is 13.2. The van der Waals surface area contributed by atoms with Gasteiger partial charge in [0.1, 0.15) is 275 Å². The lowest BCUT2D eigenvalue weighted by Gasteiger charge is -2.51. The molecule has 60 nitrogen and oxygen atoms in total. The van der Waals surface area contributed by atoms with Crippen LogP contribution in [0, 0.1) is 0 Å². The van der Waals surface area contributed by atoms with Crippen molar-refractivity contribution in [2.24, 2.45) is 0 Å². The van der Waals surface area contributed by atoms with Gasteiger partial charge in [-0.3, -0.25) is 19.2 Å². The standard InChI is InChI=1S/C74H124N4O56/c1-17(90)75-21(5-79)36(95)56(22(94)6-80)126-65-33(76-18(2)91)44(103)59(29(13-87)122-65)129-72-55(114)62(132-74-64(50(109)40(99)26(10-84)121-74)134-67-35(78-20(4)93)46(105)58(31(15-89)124-67)128-71-54(113)61(42(101)28(12-86)119-71)131-69-52(111)48(107)38(97)24(8-82)117-69)43(102)32(125-72)16-115-73-63(49(108)39(98)25(9-83)120-73)133-66-34(77-19(3)92)45(104)57(30(14-88)123-66)127-70-53(112)60(41(100)27(11-85)118-70)130-68-51(110)47(106)37(96)23(7-81)116-68/h5,21-74,80-89,94-114H,6-16H2,1-4H3,(H,75,90)(H,76,91)(H,77,92)(H,78,93)/t21-,22+,23+,24+,25+,26+,27+,28+,29+,30+,31+,32+,33+,34+,35+,36+,37-,38-,39+,40+,41-,42-,43+,44+,45+,46+,47-,48-,49-,50-,51+,52+,53+,54+,55-,56+,57+,58+,59+,60-,61-,62-,63-,64-,65-,66-,67-,68+,69+,70-,71-,72-,73-,74+/m0/s1. The summed E-state index contributed by atoms with van der Waals surface area (Å²) in [6.45, 7) is -9.43. The Balaban J connectivity index is 0.969. The minimum atomic E-state index is -2.69. The van der Waals surface area contributed by atoms with E-state index < -0.39 is 428 Å². The van der Waals surface area contributed by atoms with Crippen molar-refractivity contribution in [1.29, 1.82) is 0 Å². The average molecular weight is 1970 g/mol. The molecule has 10 aliphatic rings. The molecular weight excluding hydrogens is 1840 g/mol. The first-order valence-corrected chi connectivity index (χ1v) is 42.4. The number of hydrogen-bond donors (Lipinski definition) is 35. The van der Waals surface area contributed by atoms with Crippen LogP contribution in [0.5, 0.6) is 0 Å². The molecule has 35 N–H and O–H groups in total. The topological polar surface area (TPSA) is 945 Å². The fraction of sp³-hybridized carbons (Fsp3) is 0.932. The Morgan fingerprint density at radius 1 is 0.276 bits per heavy atom. The second-order valence-corrected chi connectivity index (χ2v) is 33.4. The van der Waals surface area contributed by atoms with E-state index in [-0.39, 0.29) is 6.29 Å². The number of nitrogens with one attached hydrogen (secondary N) is 4. The molecule has 0 aliphatic carbocycles. The van der Waals surface area contributed by atoms with Gasteiger partial charge in [-0.2, -0.15) is 0 Å². The normalized spacial score (nSPS) is 47.3. The van der Waals surface area contributed by atoms with E-state index in [1.54, 1.807) is 0 Å². The van der Waals surface area contributed by atoms with Gasteiger partial charge in [-0.1, -0.05) is 0 Å². The van der Waals surface area contributed by atoms with Crippen LogP contribution in [0.25, 0.3) is 0 Å². The van der Waals surface area contributed by atoms with Crippen molar-refractivity contribution in [2.45, 2.75) is 359 Å². The molecule has 60 heteroatoms. The summed E-state index contributed by atoms with van der Waals surface area (Å²) in [5, 5.41) is 355. The molecule has 0 aromatic carbocycles. The fourth-order valence-electron chi connectivity index (χ4n) is 16.9. The van der Waals surface area contributed by atoms with Gasteiger partial charge < -0.3 is 279 Å². The number of rotatable bonds is 39. The van der Waals surface area contributed by atoms with Crippen molar-refractivity contribution in [3.8, 4) is 0 Å². The van der Waals surface area contributed by atoms with E-state index in [9.17, 15) is 182 Å². The zero-order valence-electron chi connectivity index (χ0n) is 71.6. The number of aliphatic hydroxyl groups excluding tert-OH is 31. The Morgan fingerprint density at radius 2 is 0.537 bits per heavy atom. The van der Waals surface area contributed by atoms with Crippen LogP contribution in [0.15, 0.2) is 0 Å². The molecule has 0 saturated carbocycles. The lowest BCUT2D eigenvalue weighted by Crippen LogP contribution is -2.70. The maximum Gasteiger partial charge on any atom is 0.217 e. The first-order valence-electron chi connectivity index (χ1n) is 42.4. The maximum absolute atomic E-state index is 13.2. The summed E-state index contributed by atoms with van der Waals surface area (Å²) in [5.74, 6) is -4.02. The second-order valence-electron chi connectivity index (χ2n) is 33.4. The smallest absolute Gasteiger partial charge is 0.217 e. The number of aldehydes is 1. The van der Waals surface area contributed by atoms with E-state index >= 15 is 0 Å². The van der Waals surface area contributed by atoms with Gasteiger partial charge in [0.2, 0.25) is 23.6 Å². The van der Waals surface area contributed by atoms with Crippen molar-refractivity contribution < 1.29 is 277 Å². The first-order chi connectivity index (χ1) is 63.4. The zero-order chi connectivity index (χ0) is 98.9. The Morgan fingerprint density at radius 3 is 0.866 bits per heavy atom. The molecule has 10 heterocycles. The molecule has 10 rings (SSSR count). The molecule has 134 heavy (non-hydrogen) atoms. The van der Waals surface area contributed by atoms with Crippen LogP contribution in [-0.2, 0) is 119 Å². The SMILES string of the molecule is CC(=O)N[C@H]1[C@H](O[C@@H]([C@H](O)[C@H](C=O)NC(C)=O)[C@H](O)CO)O[C@H](CO)[C@@H](O[C@@H]2O[C@H](CO[C@H]3O[C@H](CO)[C@@H](O)[C@H](O)[C@@H]3O[C@@H]3O[C@H](CO)[C@@H](O[C@@H]4O[C@H](CO)[C@H](O)[C@H](O[C@H]5O[C@H](CO)[C@H](O)[C@H](O)[C@H]5O)[C@H]4O)[C@H](O)[C@H]3NC(C)=O)[C@@H](O)[C@H](O[C@H]3O[C@H](CO)[C@@H](O)[C@H](O)[C@@H]3O[C@@H]3O[C@H](CO)[C@@H](O[C@@H]4O[C@H](CO)[C@H](O)[C@H](O[C@H]5O[C@H](CO)[C@H](O)[C@H](O)[C@H]5O)[C@H]4O)[C@H](O)[C@H]3NC(C)=O)[C@@H]2O)[C@@H]1O. The lowest BCUT2D eigenvalue weighted by molar-refractivity contribution is -0.400. The number of aliphatic hydroxyl groups is 31. The van der Waals surface area contributed by atoms with E-state index in [0.717, 1.165) is 27.7 Å². The molecule has 0 aromatic rings. The quantitative estimate of drug-likeness (QED) is 0.0254. The van der Waals surface area contributed by atoms with Crippen molar-refractivity contribution >= 4 is 29.9 Å². The monoisotopic (exact) mass is 1960 g/mol. The van der Waals surface area contributed by atoms with Crippen LogP contribution >= 0.6 is 0 Å². The summed E-state index contributed by atoms with van der Waals surface area (Å²) >= 11 is 0. The van der Waals surface area contributed by atoms with Gasteiger partial charge in [0.25, 0.3) is 0 Å². The minimum Gasteiger partial charge on any atom is -0.394 e. The van der Waals surface area contributed by atoms with Gasteiger partial charge in [0.15, 0.2) is 62.9 Å². The third kappa shape index (κ3) is 24.9. The average Bonchev–Trinajstić information content (AvgIpc) is 0.770. The summed E-state index contributed by atoms with van der Waals surface area (Å²) in [6.07, 6.45) is -109. The van der Waals surface area contributed by atoms with E-state index in [1.807, 2.05) is 0 Å². The van der Waals surface area contributed by atoms with E-state index in [4.69, 9.17) is 94.7 Å². The third-order valence-corrected chi connectivity index (χ3v) is 24.1. The Kier molecular flexibility index (Phi) is 41.2. The molecule has 10 aliphatic heterocycles. The van der Waals surface area contributed by atoms with Gasteiger partial charge in [0.05, 0.1) is 72.7 Å². The summed E-state index contributed by atoms with van der Waals surface area (Å²) < 4.78 is 118. The summed E-state index contributed by atoms with van der Waals surface area (Å²) in [7, 11) is 0. The highest BCUT2D eigenvalue weighted by atomic mass is 16.8. The molecule has 10 saturated heterocycles. The van der Waals surface area contributed by atoms with Crippen LogP contribution in [0.1, 0.15) is 27.7 Å². The molecular formula is C74H124N4O56.